The molecule has 0 unspecified atom stereocenters. The van der Waals surface area contributed by atoms with Crippen molar-refractivity contribution in [1.29, 1.82) is 0 Å². The lowest BCUT2D eigenvalue weighted by Crippen LogP contribution is -2.21. The zero-order valence-electron chi connectivity index (χ0n) is 2.99. The van der Waals surface area contributed by atoms with E-state index in [0.29, 0.717) is 0 Å². The lowest BCUT2D eigenvalue weighted by molar-refractivity contribution is -0.192. The maximum Gasteiger partial charge on any atom is 0.490 e. The van der Waals surface area contributed by atoms with E-state index in [-0.39, 0.29) is 1.43 Å². The largest absolute Gasteiger partial charge is 0.490 e. The van der Waals surface area contributed by atoms with E-state index in [2.05, 4.69) is 0 Å². The predicted molar refractivity (Wildman–Crippen MR) is 15.8 cm³/mol. The number of rotatable bonds is 0. The molecule has 0 spiro atoms. The molecule has 0 aromatic carbocycles. The maximum absolute atomic E-state index is 10.6. The molecule has 44 valence electrons. The Hall–Kier alpha value is -0.740. The van der Waals surface area contributed by atoms with Gasteiger partial charge in [0, 0.05) is 1.43 Å². The summed E-state index contributed by atoms with van der Waals surface area (Å²) >= 11 is 0. The van der Waals surface area contributed by atoms with E-state index < -0.39 is 12.1 Å². The number of alkyl halides is 3. The van der Waals surface area contributed by atoms with Crippen LogP contribution in [-0.4, -0.2) is 17.3 Å². The van der Waals surface area contributed by atoms with E-state index in [4.69, 9.17) is 9.90 Å². The molecule has 1 N–H and O–H groups in total. The van der Waals surface area contributed by atoms with Gasteiger partial charge in [0.15, 0.2) is 0 Å². The molecule has 0 saturated carbocycles. The van der Waals surface area contributed by atoms with Crippen LogP contribution in [0.1, 0.15) is 1.43 Å². The molecule has 0 aromatic heterocycles. The Bertz CT molecular complexity index is 87.8. The Labute approximate surface area is 38.0 Å². The summed E-state index contributed by atoms with van der Waals surface area (Å²) in [6.07, 6.45) is -5.08. The Morgan fingerprint density at radius 3 is 1.71 bits per heavy atom. The third-order valence-corrected chi connectivity index (χ3v) is 0.243. The molecule has 0 radical (unpaired) electrons. The highest BCUT2D eigenvalue weighted by Crippen LogP contribution is 2.13. The molecule has 0 aliphatic heterocycles. The lowest BCUT2D eigenvalue weighted by atomic mass is 10.7. The molecule has 0 rings (SSSR count). The number of aliphatic carboxylic acids is 1. The Morgan fingerprint density at radius 1 is 1.57 bits per heavy atom. The highest BCUT2D eigenvalue weighted by atomic mass is 19.4. The molecule has 0 aromatic rings. The minimum absolute atomic E-state index is 0. The normalized spacial score (nSPS) is 11.3. The van der Waals surface area contributed by atoms with Crippen LogP contribution in [0.5, 0.6) is 0 Å². The molecule has 7 heavy (non-hydrogen) atoms. The zero-order chi connectivity index (χ0) is 6.08. The Kier molecular flexibility index (Phi) is 1.25. The van der Waals surface area contributed by atoms with Crippen LogP contribution in [0.2, 0.25) is 0 Å². The van der Waals surface area contributed by atoms with Crippen LogP contribution in [0.4, 0.5) is 13.2 Å². The summed E-state index contributed by atoms with van der Waals surface area (Å²) < 4.78 is 31.7. The quantitative estimate of drug-likeness (QED) is 0.510. The van der Waals surface area contributed by atoms with Gasteiger partial charge in [-0.3, -0.25) is 0 Å². The van der Waals surface area contributed by atoms with Gasteiger partial charge in [0.05, 0.1) is 0 Å². The van der Waals surface area contributed by atoms with Crippen LogP contribution < -0.4 is 0 Å². The standard InChI is InChI=1S/C2HF3O2.H2/c3-2(4,5)1(6)7;/h(H,6,7);1H. The summed E-state index contributed by atoms with van der Waals surface area (Å²) in [4.78, 5) is 8.90. The monoisotopic (exact) mass is 116 g/mol. The van der Waals surface area contributed by atoms with E-state index >= 15 is 0 Å². The third-order valence-electron chi connectivity index (χ3n) is 0.243. The van der Waals surface area contributed by atoms with Crippen LogP contribution in [0, 0.1) is 0 Å². The Balaban J connectivity index is 0. The van der Waals surface area contributed by atoms with Gasteiger partial charge in [0.1, 0.15) is 0 Å². The third kappa shape index (κ3) is 2.02. The number of hydrogen-bond donors (Lipinski definition) is 1. The van der Waals surface area contributed by atoms with Crippen LogP contribution in [0.25, 0.3) is 0 Å². The summed E-state index contributed by atoms with van der Waals surface area (Å²) in [5.74, 6) is -2.76. The average Bonchev–Trinajstić information content (AvgIpc) is 1.31. The smallest absolute Gasteiger partial charge is 0.475 e. The highest BCUT2D eigenvalue weighted by molar-refractivity contribution is 5.73. The summed E-state index contributed by atoms with van der Waals surface area (Å²) in [5.41, 5.74) is 0. The first-order valence-corrected chi connectivity index (χ1v) is 1.24. The van der Waals surface area contributed by atoms with Gasteiger partial charge in [-0.1, -0.05) is 0 Å². The van der Waals surface area contributed by atoms with Crippen molar-refractivity contribution in [3.63, 3.8) is 0 Å². The van der Waals surface area contributed by atoms with Crippen molar-refractivity contribution >= 4 is 5.97 Å². The zero-order valence-corrected chi connectivity index (χ0v) is 2.99. The first-order chi connectivity index (χ1) is 2.94. The van der Waals surface area contributed by atoms with Crippen LogP contribution in [-0.2, 0) is 4.79 Å². The predicted octanol–water partition coefficient (Wildman–Crippen LogP) is 0.879. The fourth-order valence-electron chi connectivity index (χ4n) is 0. The SMILES string of the molecule is O=C(O)C(F)(F)F.[HH]. The van der Waals surface area contributed by atoms with Crippen molar-refractivity contribution in [2.45, 2.75) is 6.18 Å². The van der Waals surface area contributed by atoms with Gasteiger partial charge in [-0.05, 0) is 0 Å². The summed E-state index contributed by atoms with van der Waals surface area (Å²) in [6.45, 7) is 0. The second-order valence-corrected chi connectivity index (χ2v) is 0.803. The van der Waals surface area contributed by atoms with Crippen molar-refractivity contribution in [1.82, 2.24) is 0 Å². The van der Waals surface area contributed by atoms with Crippen molar-refractivity contribution in [2.75, 3.05) is 0 Å². The lowest BCUT2D eigenvalue weighted by Gasteiger charge is -1.93. The number of halogens is 3. The molecule has 0 aliphatic carbocycles. The molecular formula is C2H3F3O2. The van der Waals surface area contributed by atoms with E-state index in [1.807, 2.05) is 0 Å². The van der Waals surface area contributed by atoms with Gasteiger partial charge in [0.2, 0.25) is 0 Å². The van der Waals surface area contributed by atoms with E-state index in [1.54, 1.807) is 0 Å². The number of hydrogen-bond acceptors (Lipinski definition) is 1. The summed E-state index contributed by atoms with van der Waals surface area (Å²) in [6, 6.07) is 0. The molecule has 0 bridgehead atoms. The highest BCUT2D eigenvalue weighted by Gasteiger charge is 2.38. The molecule has 0 saturated heterocycles. The molecule has 2 nitrogen and oxygen atoms in total. The first kappa shape index (κ1) is 6.26. The van der Waals surface area contributed by atoms with Crippen LogP contribution in [0.3, 0.4) is 0 Å². The van der Waals surface area contributed by atoms with Crippen molar-refractivity contribution in [3.8, 4) is 0 Å². The first-order valence-electron chi connectivity index (χ1n) is 1.24. The molecule has 0 fully saturated rings. The summed E-state index contributed by atoms with van der Waals surface area (Å²) in [7, 11) is 0. The Morgan fingerprint density at radius 2 is 1.71 bits per heavy atom. The number of carbonyl (C=O) groups is 1. The molecular weight excluding hydrogens is 113 g/mol. The van der Waals surface area contributed by atoms with Gasteiger partial charge < -0.3 is 5.11 Å². The van der Waals surface area contributed by atoms with Gasteiger partial charge in [-0.2, -0.15) is 13.2 Å². The fraction of sp³-hybridized carbons (Fsp3) is 0.500. The second kappa shape index (κ2) is 1.40. The van der Waals surface area contributed by atoms with Crippen LogP contribution in [0.15, 0.2) is 0 Å². The molecule has 0 atom stereocenters. The molecule has 5 heteroatoms. The second-order valence-electron chi connectivity index (χ2n) is 0.803. The topological polar surface area (TPSA) is 37.3 Å². The molecule has 0 aliphatic rings. The van der Waals surface area contributed by atoms with E-state index in [1.165, 1.54) is 0 Å². The van der Waals surface area contributed by atoms with Gasteiger partial charge in [0.25, 0.3) is 0 Å². The van der Waals surface area contributed by atoms with Crippen LogP contribution >= 0.6 is 0 Å². The van der Waals surface area contributed by atoms with Crippen molar-refractivity contribution in [2.24, 2.45) is 0 Å². The molecule has 0 amide bonds. The maximum atomic E-state index is 10.6. The van der Waals surface area contributed by atoms with E-state index in [0.717, 1.165) is 0 Å². The fourth-order valence-corrected chi connectivity index (χ4v) is 0. The number of carboxylic acid groups (broad SMARTS) is 1. The van der Waals surface area contributed by atoms with E-state index in [9.17, 15) is 13.2 Å². The van der Waals surface area contributed by atoms with Crippen molar-refractivity contribution < 1.29 is 24.5 Å². The molecule has 0 heterocycles. The van der Waals surface area contributed by atoms with Gasteiger partial charge in [-0.15, -0.1) is 0 Å². The number of carboxylic acids is 1. The van der Waals surface area contributed by atoms with Crippen molar-refractivity contribution in [3.05, 3.63) is 0 Å². The van der Waals surface area contributed by atoms with Gasteiger partial charge >= 0.3 is 12.1 Å². The minimum atomic E-state index is -5.08. The summed E-state index contributed by atoms with van der Waals surface area (Å²) in [5, 5.41) is 7.12. The minimum Gasteiger partial charge on any atom is -0.475 e. The van der Waals surface area contributed by atoms with Gasteiger partial charge in [-0.25, -0.2) is 4.79 Å². The average molecular weight is 116 g/mol.